The van der Waals surface area contributed by atoms with Crippen LogP contribution in [-0.4, -0.2) is 6.04 Å². The summed E-state index contributed by atoms with van der Waals surface area (Å²) in [5, 5.41) is 0.196. The van der Waals surface area contributed by atoms with Gasteiger partial charge in [-0.2, -0.15) is 0 Å². The van der Waals surface area contributed by atoms with Gasteiger partial charge in [0.25, 0.3) is 0 Å². The van der Waals surface area contributed by atoms with E-state index in [4.69, 9.17) is 17.4 Å². The lowest BCUT2D eigenvalue weighted by molar-refractivity contribution is 0.430. The van der Waals surface area contributed by atoms with Gasteiger partial charge in [0.15, 0.2) is 0 Å². The number of hydrogen-bond acceptors (Lipinski definition) is 2. The number of nitrogens with one attached hydrogen (secondary N) is 1. The third-order valence-corrected chi connectivity index (χ3v) is 5.16. The predicted molar refractivity (Wildman–Crippen MR) is 75.2 cm³/mol. The Bertz CT molecular complexity index is 453. The molecule has 2 nitrogen and oxygen atoms in total. The maximum absolute atomic E-state index is 14.0. The molecule has 0 saturated heterocycles. The molecule has 19 heavy (non-hydrogen) atoms. The molecule has 3 atom stereocenters. The molecule has 2 aliphatic carbocycles. The Morgan fingerprint density at radius 1 is 1.32 bits per heavy atom. The molecule has 0 aliphatic heterocycles. The van der Waals surface area contributed by atoms with Crippen LogP contribution in [0.1, 0.15) is 31.2 Å². The highest BCUT2D eigenvalue weighted by atomic mass is 35.5. The third-order valence-electron chi connectivity index (χ3n) is 4.87. The largest absolute Gasteiger partial charge is 0.271 e. The van der Waals surface area contributed by atoms with Crippen LogP contribution in [0.25, 0.3) is 0 Å². The molecule has 3 N–H and O–H groups in total. The van der Waals surface area contributed by atoms with Crippen molar-refractivity contribution in [3.63, 3.8) is 0 Å². The van der Waals surface area contributed by atoms with Crippen molar-refractivity contribution in [1.82, 2.24) is 5.43 Å². The van der Waals surface area contributed by atoms with E-state index in [9.17, 15) is 4.39 Å². The Morgan fingerprint density at radius 2 is 2.00 bits per heavy atom. The fraction of sp³-hybridized carbons (Fsp3) is 0.600. The van der Waals surface area contributed by atoms with Gasteiger partial charge in [-0.15, -0.1) is 0 Å². The minimum Gasteiger partial charge on any atom is -0.271 e. The molecule has 1 aromatic rings. The highest BCUT2D eigenvalue weighted by molar-refractivity contribution is 6.30. The molecule has 0 amide bonds. The van der Waals surface area contributed by atoms with Crippen LogP contribution >= 0.6 is 11.6 Å². The van der Waals surface area contributed by atoms with E-state index in [0.717, 1.165) is 11.8 Å². The summed E-state index contributed by atoms with van der Waals surface area (Å²) in [6.45, 7) is 0. The Morgan fingerprint density at radius 3 is 2.63 bits per heavy atom. The summed E-state index contributed by atoms with van der Waals surface area (Å²) in [6.07, 6.45) is 5.92. The van der Waals surface area contributed by atoms with E-state index in [1.54, 1.807) is 18.2 Å². The highest BCUT2D eigenvalue weighted by Gasteiger charge is 2.53. The Kier molecular flexibility index (Phi) is 3.79. The molecule has 3 unspecified atom stereocenters. The summed E-state index contributed by atoms with van der Waals surface area (Å²) in [6, 6.07) is 5.36. The number of halogens is 2. The molecule has 1 aromatic carbocycles. The Hall–Kier alpha value is -0.640. The minimum absolute atomic E-state index is 0.168. The first-order valence-electron chi connectivity index (χ1n) is 7.11. The summed E-state index contributed by atoms with van der Waals surface area (Å²) in [5.74, 6) is 7.62. The molecule has 2 fully saturated rings. The average Bonchev–Trinajstić information content (AvgIpc) is 3.15. The van der Waals surface area contributed by atoms with Crippen LogP contribution in [0.4, 0.5) is 4.39 Å². The van der Waals surface area contributed by atoms with Crippen molar-refractivity contribution >= 4 is 11.6 Å². The fourth-order valence-corrected chi connectivity index (χ4v) is 4.09. The van der Waals surface area contributed by atoms with E-state index in [1.807, 2.05) is 0 Å². The molecular formula is C15H20ClFN2. The molecule has 0 radical (unpaired) electrons. The van der Waals surface area contributed by atoms with Gasteiger partial charge in [-0.1, -0.05) is 36.6 Å². The summed E-state index contributed by atoms with van der Waals surface area (Å²) < 4.78 is 14.0. The number of hydrogen-bond donors (Lipinski definition) is 2. The van der Waals surface area contributed by atoms with E-state index in [-0.39, 0.29) is 16.9 Å². The zero-order valence-electron chi connectivity index (χ0n) is 10.9. The molecular weight excluding hydrogens is 263 g/mol. The Balaban J connectivity index is 1.72. The summed E-state index contributed by atoms with van der Waals surface area (Å²) in [4.78, 5) is 0. The van der Waals surface area contributed by atoms with Gasteiger partial charge in [0.1, 0.15) is 5.82 Å². The molecule has 2 aliphatic rings. The van der Waals surface area contributed by atoms with Gasteiger partial charge in [0.05, 0.1) is 5.02 Å². The maximum Gasteiger partial charge on any atom is 0.145 e. The van der Waals surface area contributed by atoms with Crippen molar-refractivity contribution in [3.05, 3.63) is 34.6 Å². The van der Waals surface area contributed by atoms with E-state index in [2.05, 4.69) is 5.43 Å². The number of fused-ring (bicyclic) bond motifs is 1. The normalized spacial score (nSPS) is 30.8. The van der Waals surface area contributed by atoms with Crippen LogP contribution in [-0.2, 0) is 6.42 Å². The number of benzene rings is 1. The number of rotatable bonds is 4. The Labute approximate surface area is 118 Å². The molecule has 0 bridgehead atoms. The topological polar surface area (TPSA) is 38.0 Å². The third kappa shape index (κ3) is 2.51. The SMILES string of the molecule is NNC(Cc1cccc(Cl)c1F)C1C2CCCCC21. The van der Waals surface area contributed by atoms with Gasteiger partial charge in [0, 0.05) is 6.04 Å². The molecule has 0 spiro atoms. The van der Waals surface area contributed by atoms with Gasteiger partial charge in [0.2, 0.25) is 0 Å². The van der Waals surface area contributed by atoms with Crippen LogP contribution in [0.15, 0.2) is 18.2 Å². The number of hydrazine groups is 1. The van der Waals surface area contributed by atoms with Crippen LogP contribution < -0.4 is 11.3 Å². The lowest BCUT2D eigenvalue weighted by Crippen LogP contribution is -2.39. The van der Waals surface area contributed by atoms with Crippen LogP contribution in [0.5, 0.6) is 0 Å². The maximum atomic E-state index is 14.0. The lowest BCUT2D eigenvalue weighted by Gasteiger charge is -2.17. The first-order chi connectivity index (χ1) is 9.22. The second-order valence-electron chi connectivity index (χ2n) is 5.88. The van der Waals surface area contributed by atoms with Gasteiger partial charge in [-0.3, -0.25) is 11.3 Å². The first-order valence-corrected chi connectivity index (χ1v) is 7.49. The fourth-order valence-electron chi connectivity index (χ4n) is 3.89. The van der Waals surface area contributed by atoms with Crippen LogP contribution in [0.3, 0.4) is 0 Å². The van der Waals surface area contributed by atoms with Crippen molar-refractivity contribution < 1.29 is 4.39 Å². The predicted octanol–water partition coefficient (Wildman–Crippen LogP) is 3.29. The van der Waals surface area contributed by atoms with Gasteiger partial charge >= 0.3 is 0 Å². The van der Waals surface area contributed by atoms with Crippen molar-refractivity contribution in [2.75, 3.05) is 0 Å². The zero-order valence-corrected chi connectivity index (χ0v) is 11.7. The van der Waals surface area contributed by atoms with Gasteiger partial charge < -0.3 is 0 Å². The second kappa shape index (κ2) is 5.39. The molecule has 0 heterocycles. The van der Waals surface area contributed by atoms with Crippen molar-refractivity contribution in [2.45, 2.75) is 38.1 Å². The van der Waals surface area contributed by atoms with Crippen LogP contribution in [0.2, 0.25) is 5.02 Å². The van der Waals surface area contributed by atoms with Crippen LogP contribution in [0, 0.1) is 23.6 Å². The molecule has 104 valence electrons. The van der Waals surface area contributed by atoms with E-state index in [1.165, 1.54) is 25.7 Å². The van der Waals surface area contributed by atoms with Crippen molar-refractivity contribution in [1.29, 1.82) is 0 Å². The van der Waals surface area contributed by atoms with Gasteiger partial charge in [-0.05, 0) is 48.6 Å². The number of nitrogens with two attached hydrogens (primary N) is 1. The average molecular weight is 283 g/mol. The highest BCUT2D eigenvalue weighted by Crippen LogP contribution is 2.57. The molecule has 0 aromatic heterocycles. The minimum atomic E-state index is -0.298. The van der Waals surface area contributed by atoms with Crippen molar-refractivity contribution in [3.8, 4) is 0 Å². The summed E-state index contributed by atoms with van der Waals surface area (Å²) in [7, 11) is 0. The monoisotopic (exact) mass is 282 g/mol. The van der Waals surface area contributed by atoms with Crippen molar-refractivity contribution in [2.24, 2.45) is 23.6 Å². The quantitative estimate of drug-likeness (QED) is 0.657. The van der Waals surface area contributed by atoms with E-state index in [0.29, 0.717) is 17.9 Å². The second-order valence-corrected chi connectivity index (χ2v) is 6.29. The first kappa shape index (κ1) is 13.3. The summed E-state index contributed by atoms with van der Waals surface area (Å²) in [5.41, 5.74) is 3.57. The molecule has 2 saturated carbocycles. The zero-order chi connectivity index (χ0) is 13.4. The van der Waals surface area contributed by atoms with E-state index < -0.39 is 0 Å². The standard InChI is InChI=1S/C15H20ClFN2/c16-12-7-3-4-9(15(12)17)8-13(19-18)14-10-5-1-2-6-11(10)14/h3-4,7,10-11,13-14,19H,1-2,5-6,8,18H2. The summed E-state index contributed by atoms with van der Waals surface area (Å²) >= 11 is 5.83. The lowest BCUT2D eigenvalue weighted by atomic mass is 10.00. The smallest absolute Gasteiger partial charge is 0.145 e. The molecule has 4 heteroatoms. The van der Waals surface area contributed by atoms with E-state index >= 15 is 0 Å². The molecule has 3 rings (SSSR count). The van der Waals surface area contributed by atoms with Gasteiger partial charge in [-0.25, -0.2) is 4.39 Å².